The topological polar surface area (TPSA) is 105 Å². The Labute approximate surface area is 170 Å². The fourth-order valence-corrected chi connectivity index (χ4v) is 3.77. The molecule has 0 bridgehead atoms. The fraction of sp³-hybridized carbons (Fsp3) is 0.0588. The largest absolute Gasteiger partial charge is 0.502 e. The van der Waals surface area contributed by atoms with Crippen LogP contribution in [0.1, 0.15) is 11.3 Å². The third-order valence-corrected chi connectivity index (χ3v) is 5.66. The highest BCUT2D eigenvalue weighted by Gasteiger charge is 2.09. The Bertz CT molecular complexity index is 1030. The number of halogens is 1. The third-order valence-electron chi connectivity index (χ3n) is 3.14. The summed E-state index contributed by atoms with van der Waals surface area (Å²) < 4.78 is 6.69. The number of thioether (sulfide) groups is 1. The lowest BCUT2D eigenvalue weighted by Crippen LogP contribution is -2.07. The lowest BCUT2D eigenvalue weighted by atomic mass is 10.2. The Morgan fingerprint density at radius 3 is 2.85 bits per heavy atom. The first kappa shape index (κ1) is 19.3. The zero-order valence-corrected chi connectivity index (χ0v) is 16.8. The molecule has 27 heavy (non-hydrogen) atoms. The molecule has 0 saturated carbocycles. The van der Waals surface area contributed by atoms with Crippen LogP contribution in [0.5, 0.6) is 5.75 Å². The summed E-state index contributed by atoms with van der Waals surface area (Å²) in [6, 6.07) is 8.77. The highest BCUT2D eigenvalue weighted by molar-refractivity contribution is 9.10. The highest BCUT2D eigenvalue weighted by atomic mass is 79.9. The minimum absolute atomic E-state index is 0.310. The quantitative estimate of drug-likeness (QED) is 0.323. The van der Waals surface area contributed by atoms with Crippen LogP contribution in [0.15, 0.2) is 60.7 Å². The predicted molar refractivity (Wildman–Crippen MR) is 108 cm³/mol. The second-order valence-electron chi connectivity index (χ2n) is 5.13. The molecular weight excluding hydrogens is 454 g/mol. The Balaban J connectivity index is 1.53. The number of carbonyl (C=O) groups excluding carboxylic acids is 1. The van der Waals surface area contributed by atoms with E-state index >= 15 is 0 Å². The van der Waals surface area contributed by atoms with Crippen LogP contribution in [0.2, 0.25) is 0 Å². The van der Waals surface area contributed by atoms with Gasteiger partial charge in [0.2, 0.25) is 16.5 Å². The van der Waals surface area contributed by atoms with E-state index in [1.54, 1.807) is 6.08 Å². The molecule has 0 aliphatic heterocycles. The average molecular weight is 466 g/mol. The Morgan fingerprint density at radius 2 is 2.11 bits per heavy atom. The van der Waals surface area contributed by atoms with E-state index in [9.17, 15) is 9.59 Å². The van der Waals surface area contributed by atoms with Crippen molar-refractivity contribution in [3.8, 4) is 5.75 Å². The van der Waals surface area contributed by atoms with E-state index in [4.69, 9.17) is 9.52 Å². The number of hydrogen-bond acceptors (Lipinski definition) is 8. The molecule has 3 aromatic rings. The number of aromatic nitrogens is 2. The van der Waals surface area contributed by atoms with Gasteiger partial charge in [-0.1, -0.05) is 51.2 Å². The summed E-state index contributed by atoms with van der Waals surface area (Å²) in [5, 5.41) is 20.1. The smallest absolute Gasteiger partial charge is 0.250 e. The zero-order chi connectivity index (χ0) is 19.2. The maximum Gasteiger partial charge on any atom is 0.250 e. The first-order valence-electron chi connectivity index (χ1n) is 7.51. The van der Waals surface area contributed by atoms with Gasteiger partial charge in [0, 0.05) is 16.6 Å². The van der Waals surface area contributed by atoms with Gasteiger partial charge in [0.25, 0.3) is 0 Å². The van der Waals surface area contributed by atoms with Gasteiger partial charge in [-0.15, -0.1) is 10.2 Å². The minimum atomic E-state index is -0.500. The van der Waals surface area contributed by atoms with E-state index in [0.717, 1.165) is 16.3 Å². The summed E-state index contributed by atoms with van der Waals surface area (Å²) in [5.41, 5.74) is 0.400. The van der Waals surface area contributed by atoms with E-state index in [0.29, 0.717) is 21.0 Å². The summed E-state index contributed by atoms with van der Waals surface area (Å²) in [6.45, 7) is 0. The first-order valence-corrected chi connectivity index (χ1v) is 10.1. The molecule has 10 heteroatoms. The van der Waals surface area contributed by atoms with Crippen molar-refractivity contribution in [2.24, 2.45) is 0 Å². The van der Waals surface area contributed by atoms with Crippen LogP contribution < -0.4 is 10.7 Å². The molecule has 2 N–H and O–H groups in total. The molecule has 0 spiro atoms. The number of benzene rings is 1. The van der Waals surface area contributed by atoms with Gasteiger partial charge in [-0.2, -0.15) is 0 Å². The second kappa shape index (κ2) is 8.98. The highest BCUT2D eigenvalue weighted by Crippen LogP contribution is 2.28. The van der Waals surface area contributed by atoms with Crippen LogP contribution in [0.4, 0.5) is 5.13 Å². The van der Waals surface area contributed by atoms with Gasteiger partial charge < -0.3 is 9.52 Å². The summed E-state index contributed by atoms with van der Waals surface area (Å²) in [6.07, 6.45) is 4.12. The van der Waals surface area contributed by atoms with Crippen LogP contribution in [-0.2, 0) is 10.5 Å². The van der Waals surface area contributed by atoms with Crippen molar-refractivity contribution in [2.45, 2.75) is 10.1 Å². The molecule has 2 aromatic heterocycles. The summed E-state index contributed by atoms with van der Waals surface area (Å²) >= 11 is 5.87. The maximum atomic E-state index is 12.0. The molecule has 3 rings (SSSR count). The van der Waals surface area contributed by atoms with Gasteiger partial charge in [-0.3, -0.25) is 14.9 Å². The van der Waals surface area contributed by atoms with Gasteiger partial charge in [-0.05, 0) is 23.8 Å². The van der Waals surface area contributed by atoms with Crippen molar-refractivity contribution in [2.75, 3.05) is 5.32 Å². The van der Waals surface area contributed by atoms with Gasteiger partial charge >= 0.3 is 0 Å². The molecule has 0 aliphatic carbocycles. The number of nitrogens with zero attached hydrogens (tertiary/aromatic N) is 2. The summed E-state index contributed by atoms with van der Waals surface area (Å²) in [7, 11) is 0. The summed E-state index contributed by atoms with van der Waals surface area (Å²) in [4.78, 5) is 23.3. The van der Waals surface area contributed by atoms with E-state index in [2.05, 4.69) is 31.4 Å². The van der Waals surface area contributed by atoms with E-state index in [1.165, 1.54) is 35.2 Å². The molecule has 2 heterocycles. The minimum Gasteiger partial charge on any atom is -0.502 e. The molecule has 0 unspecified atom stereocenters. The van der Waals surface area contributed by atoms with E-state index in [-0.39, 0.29) is 5.91 Å². The molecule has 0 radical (unpaired) electrons. The van der Waals surface area contributed by atoms with Crippen molar-refractivity contribution in [1.82, 2.24) is 10.2 Å². The molecule has 138 valence electrons. The number of nitrogens with one attached hydrogen (secondary N) is 1. The van der Waals surface area contributed by atoms with Gasteiger partial charge in [0.05, 0.1) is 5.75 Å². The normalized spacial score (nSPS) is 11.0. The van der Waals surface area contributed by atoms with E-state index in [1.807, 2.05) is 24.3 Å². The second-order valence-corrected chi connectivity index (χ2v) is 8.25. The van der Waals surface area contributed by atoms with Crippen LogP contribution in [0.3, 0.4) is 0 Å². The standard InChI is InChI=1S/C17H12BrN3O4S2/c18-11-4-1-10(2-5-11)3-6-15(24)19-16-20-21-17(27-16)26-9-12-7-13(22)14(23)8-25-12/h1-8,23H,9H2,(H,19,20,24). The lowest BCUT2D eigenvalue weighted by molar-refractivity contribution is -0.111. The number of anilines is 1. The molecule has 0 atom stereocenters. The van der Waals surface area contributed by atoms with Crippen molar-refractivity contribution in [3.05, 3.63) is 68.7 Å². The fourth-order valence-electron chi connectivity index (χ4n) is 1.86. The third kappa shape index (κ3) is 5.78. The van der Waals surface area contributed by atoms with Crippen LogP contribution in [0.25, 0.3) is 6.08 Å². The number of hydrogen-bond donors (Lipinski definition) is 2. The molecule has 0 saturated heterocycles. The molecule has 1 aromatic carbocycles. The van der Waals surface area contributed by atoms with E-state index < -0.39 is 11.2 Å². The van der Waals surface area contributed by atoms with Gasteiger partial charge in [-0.25, -0.2) is 0 Å². The number of carbonyl (C=O) groups is 1. The van der Waals surface area contributed by atoms with Crippen molar-refractivity contribution in [1.29, 1.82) is 0 Å². The number of amides is 1. The van der Waals surface area contributed by atoms with Gasteiger partial charge in [0.1, 0.15) is 12.0 Å². The van der Waals surface area contributed by atoms with Crippen LogP contribution in [0, 0.1) is 0 Å². The van der Waals surface area contributed by atoms with Crippen LogP contribution >= 0.6 is 39.0 Å². The lowest BCUT2D eigenvalue weighted by Gasteiger charge is -1.97. The maximum absolute atomic E-state index is 12.0. The Hall–Kier alpha value is -2.43. The monoisotopic (exact) mass is 465 g/mol. The molecule has 7 nitrogen and oxygen atoms in total. The summed E-state index contributed by atoms with van der Waals surface area (Å²) in [5.74, 6) is 0.0127. The number of rotatable bonds is 6. The van der Waals surface area contributed by atoms with Gasteiger partial charge in [0.15, 0.2) is 10.1 Å². The number of aromatic hydroxyl groups is 1. The van der Waals surface area contributed by atoms with Crippen molar-refractivity contribution >= 4 is 56.1 Å². The molecule has 1 amide bonds. The zero-order valence-electron chi connectivity index (χ0n) is 13.6. The SMILES string of the molecule is O=C(C=Cc1ccc(Br)cc1)Nc1nnc(SCc2cc(=O)c(O)co2)s1. The Kier molecular flexibility index (Phi) is 6.43. The van der Waals surface area contributed by atoms with Crippen molar-refractivity contribution < 1.29 is 14.3 Å². The van der Waals surface area contributed by atoms with Crippen LogP contribution in [-0.4, -0.2) is 21.2 Å². The molecular formula is C17H12BrN3O4S2. The molecule has 0 aliphatic rings. The average Bonchev–Trinajstić information content (AvgIpc) is 3.09. The first-order chi connectivity index (χ1) is 13.0. The Morgan fingerprint density at radius 1 is 1.33 bits per heavy atom. The molecule has 0 fully saturated rings. The predicted octanol–water partition coefficient (Wildman–Crippen LogP) is 3.90. The van der Waals surface area contributed by atoms with Crippen molar-refractivity contribution in [3.63, 3.8) is 0 Å².